The molecule has 0 spiro atoms. The summed E-state index contributed by atoms with van der Waals surface area (Å²) in [4.78, 5) is 7.90. The second kappa shape index (κ2) is 4.26. The van der Waals surface area contributed by atoms with E-state index in [0.717, 1.165) is 22.4 Å². The minimum Gasteiger partial charge on any atom is -0.338 e. The number of nitrogens with one attached hydrogen (secondary N) is 1. The topological polar surface area (TPSA) is 28.7 Å². The highest BCUT2D eigenvalue weighted by Gasteiger charge is 2.04. The fourth-order valence-electron chi connectivity index (χ4n) is 1.81. The Labute approximate surface area is 99.7 Å². The smallest absolute Gasteiger partial charge is 0.138 e. The van der Waals surface area contributed by atoms with Gasteiger partial charge >= 0.3 is 0 Å². The fraction of sp³-hybridized carbons (Fsp3) is 0. The summed E-state index contributed by atoms with van der Waals surface area (Å²) in [7, 11) is 0. The van der Waals surface area contributed by atoms with Crippen molar-refractivity contribution in [2.45, 2.75) is 0 Å². The lowest BCUT2D eigenvalue weighted by Gasteiger charge is -1.96. The summed E-state index contributed by atoms with van der Waals surface area (Å²) in [5, 5.41) is 0. The van der Waals surface area contributed by atoms with Gasteiger partial charge < -0.3 is 4.98 Å². The number of aromatic nitrogens is 2. The molecule has 0 atom stereocenters. The highest BCUT2D eigenvalue weighted by Crippen LogP contribution is 2.18. The van der Waals surface area contributed by atoms with Crippen LogP contribution in [0.5, 0.6) is 0 Å². The average molecular weight is 220 g/mol. The molecule has 0 saturated carbocycles. The van der Waals surface area contributed by atoms with Gasteiger partial charge in [-0.15, -0.1) is 0 Å². The first-order valence-corrected chi connectivity index (χ1v) is 5.60. The molecule has 2 aromatic rings. The van der Waals surface area contributed by atoms with Crippen LogP contribution < -0.4 is 0 Å². The predicted molar refractivity (Wildman–Crippen MR) is 71.5 cm³/mol. The van der Waals surface area contributed by atoms with Gasteiger partial charge in [0.1, 0.15) is 5.82 Å². The zero-order chi connectivity index (χ0) is 11.5. The molecule has 2 nitrogen and oxygen atoms in total. The zero-order valence-corrected chi connectivity index (χ0v) is 9.30. The summed E-state index contributed by atoms with van der Waals surface area (Å²) >= 11 is 0. The maximum atomic E-state index is 4.58. The first kappa shape index (κ1) is 9.85. The van der Waals surface area contributed by atoms with E-state index in [1.165, 1.54) is 0 Å². The Bertz CT molecular complexity index is 621. The van der Waals surface area contributed by atoms with Gasteiger partial charge in [-0.2, -0.15) is 0 Å². The highest BCUT2D eigenvalue weighted by atomic mass is 14.9. The van der Waals surface area contributed by atoms with E-state index >= 15 is 0 Å². The van der Waals surface area contributed by atoms with Crippen LogP contribution in [-0.2, 0) is 0 Å². The molecule has 3 rings (SSSR count). The number of rotatable bonds is 1. The van der Waals surface area contributed by atoms with Crippen LogP contribution in [0.25, 0.3) is 16.6 Å². The lowest BCUT2D eigenvalue weighted by Crippen LogP contribution is -1.83. The first-order valence-electron chi connectivity index (χ1n) is 5.60. The molecule has 17 heavy (non-hydrogen) atoms. The molecule has 0 bridgehead atoms. The Kier molecular flexibility index (Phi) is 2.47. The van der Waals surface area contributed by atoms with Crippen LogP contribution in [0.4, 0.5) is 0 Å². The average Bonchev–Trinajstić information content (AvgIpc) is 2.71. The van der Waals surface area contributed by atoms with Crippen molar-refractivity contribution >= 4 is 16.6 Å². The molecular formula is C15H12N2. The van der Waals surface area contributed by atoms with Gasteiger partial charge in [-0.3, -0.25) is 0 Å². The Balaban J connectivity index is 2.08. The number of benzene rings is 1. The highest BCUT2D eigenvalue weighted by molar-refractivity contribution is 5.81. The van der Waals surface area contributed by atoms with Crippen LogP contribution >= 0.6 is 0 Å². The second-order valence-corrected chi connectivity index (χ2v) is 3.85. The molecular weight excluding hydrogens is 208 g/mol. The predicted octanol–water partition coefficient (Wildman–Crippen LogP) is 3.63. The van der Waals surface area contributed by atoms with Crippen molar-refractivity contribution in [1.29, 1.82) is 0 Å². The van der Waals surface area contributed by atoms with E-state index in [0.29, 0.717) is 0 Å². The van der Waals surface area contributed by atoms with Crippen LogP contribution in [0.1, 0.15) is 5.82 Å². The van der Waals surface area contributed by atoms with E-state index in [9.17, 15) is 0 Å². The fourth-order valence-corrected chi connectivity index (χ4v) is 1.81. The SMILES string of the molecule is C1=C\C=C/C(c2nc3ccccc3[nH]2)=C\C=C/1. The zero-order valence-electron chi connectivity index (χ0n) is 9.30. The van der Waals surface area contributed by atoms with Crippen molar-refractivity contribution in [3.63, 3.8) is 0 Å². The number of aromatic amines is 1. The molecule has 1 heterocycles. The van der Waals surface area contributed by atoms with E-state index in [1.54, 1.807) is 0 Å². The standard InChI is InChI=1S/C15H12N2/c1-2-4-8-12(9-5-3-1)15-16-13-10-6-7-11-14(13)17-15/h1-11H,(H,16,17)/b2-1-,3-1?,4-2?,5-3-,8-4-,9-5?,12-8?,12-9+. The van der Waals surface area contributed by atoms with Gasteiger partial charge in [0.05, 0.1) is 11.0 Å². The lowest BCUT2D eigenvalue weighted by atomic mass is 10.2. The summed E-state index contributed by atoms with van der Waals surface area (Å²) in [6.45, 7) is 0. The molecule has 82 valence electrons. The number of imidazole rings is 1. The largest absolute Gasteiger partial charge is 0.338 e. The number of allylic oxidation sites excluding steroid dienone is 8. The minimum absolute atomic E-state index is 0.905. The molecule has 0 saturated heterocycles. The van der Waals surface area contributed by atoms with Crippen molar-refractivity contribution in [3.05, 3.63) is 72.6 Å². The molecule has 1 aromatic carbocycles. The van der Waals surface area contributed by atoms with Gasteiger partial charge in [0.2, 0.25) is 0 Å². The molecule has 1 aromatic heterocycles. The first-order chi connectivity index (χ1) is 8.43. The molecule has 0 aliphatic heterocycles. The van der Waals surface area contributed by atoms with Gasteiger partial charge in [-0.1, -0.05) is 54.7 Å². The number of nitrogens with zero attached hydrogens (tertiary/aromatic N) is 1. The van der Waals surface area contributed by atoms with Crippen molar-refractivity contribution in [2.75, 3.05) is 0 Å². The molecule has 0 unspecified atom stereocenters. The van der Waals surface area contributed by atoms with Gasteiger partial charge in [-0.25, -0.2) is 4.98 Å². The quantitative estimate of drug-likeness (QED) is 0.781. The van der Waals surface area contributed by atoms with Crippen LogP contribution in [0.15, 0.2) is 66.8 Å². The maximum Gasteiger partial charge on any atom is 0.138 e. The third-order valence-electron chi connectivity index (χ3n) is 2.66. The van der Waals surface area contributed by atoms with Crippen molar-refractivity contribution in [3.8, 4) is 0 Å². The second-order valence-electron chi connectivity index (χ2n) is 3.85. The summed E-state index contributed by atoms with van der Waals surface area (Å²) in [5.41, 5.74) is 3.15. The molecule has 1 aliphatic rings. The summed E-state index contributed by atoms with van der Waals surface area (Å²) in [6, 6.07) is 8.06. The monoisotopic (exact) mass is 220 g/mol. The van der Waals surface area contributed by atoms with E-state index in [4.69, 9.17) is 0 Å². The molecule has 1 N–H and O–H groups in total. The van der Waals surface area contributed by atoms with Gasteiger partial charge in [-0.05, 0) is 12.1 Å². The third-order valence-corrected chi connectivity index (χ3v) is 2.66. The normalized spacial score (nSPS) is 23.4. The Morgan fingerprint density at radius 2 is 1.71 bits per heavy atom. The number of H-pyrrole nitrogens is 1. The van der Waals surface area contributed by atoms with Crippen molar-refractivity contribution in [1.82, 2.24) is 9.97 Å². The van der Waals surface area contributed by atoms with Crippen molar-refractivity contribution in [2.24, 2.45) is 0 Å². The van der Waals surface area contributed by atoms with Crippen LogP contribution in [0.3, 0.4) is 0 Å². The lowest BCUT2D eigenvalue weighted by molar-refractivity contribution is 1.27. The molecule has 0 amide bonds. The number of hydrogen-bond acceptors (Lipinski definition) is 1. The number of fused-ring (bicyclic) bond motifs is 1. The Hall–Kier alpha value is -2.35. The molecule has 0 radical (unpaired) electrons. The number of para-hydroxylation sites is 2. The van der Waals surface area contributed by atoms with Gasteiger partial charge in [0, 0.05) is 5.57 Å². The van der Waals surface area contributed by atoms with Gasteiger partial charge in [0.25, 0.3) is 0 Å². The summed E-state index contributed by atoms with van der Waals surface area (Å²) < 4.78 is 0. The Morgan fingerprint density at radius 1 is 0.882 bits per heavy atom. The van der Waals surface area contributed by atoms with E-state index in [1.807, 2.05) is 54.6 Å². The van der Waals surface area contributed by atoms with Crippen LogP contribution in [-0.4, -0.2) is 9.97 Å². The summed E-state index contributed by atoms with van der Waals surface area (Å²) in [5.74, 6) is 0.905. The minimum atomic E-state index is 0.905. The van der Waals surface area contributed by atoms with E-state index in [2.05, 4.69) is 22.1 Å². The van der Waals surface area contributed by atoms with Gasteiger partial charge in [0.15, 0.2) is 0 Å². The maximum absolute atomic E-state index is 4.58. The van der Waals surface area contributed by atoms with E-state index in [-0.39, 0.29) is 0 Å². The molecule has 0 fully saturated rings. The summed E-state index contributed by atoms with van der Waals surface area (Å²) in [6.07, 6.45) is 14.2. The van der Waals surface area contributed by atoms with Crippen molar-refractivity contribution < 1.29 is 0 Å². The number of hydrogen-bond donors (Lipinski definition) is 1. The molecule has 1 aliphatic carbocycles. The van der Waals surface area contributed by atoms with Crippen LogP contribution in [0.2, 0.25) is 0 Å². The molecule has 2 heteroatoms. The third kappa shape index (κ3) is 1.97. The van der Waals surface area contributed by atoms with Crippen LogP contribution in [0, 0.1) is 0 Å². The Morgan fingerprint density at radius 3 is 2.65 bits per heavy atom. The van der Waals surface area contributed by atoms with E-state index < -0.39 is 0 Å².